The number of aliphatic hydroxyl groups is 10. The molecular formula is C23H40O16. The fraction of sp³-hybridized carbons (Fsp3) is 0.913. The van der Waals surface area contributed by atoms with E-state index in [1.165, 1.54) is 0 Å². The monoisotopic (exact) mass is 572 g/mol. The van der Waals surface area contributed by atoms with Crippen LogP contribution in [0.2, 0.25) is 0 Å². The summed E-state index contributed by atoms with van der Waals surface area (Å²) in [7, 11) is 0. The molecule has 228 valence electrons. The molecule has 15 atom stereocenters. The SMILES string of the molecule is C=CCCCO[C@@H]1OC(CO)[C@@H](O[C@@H]2OC(CO)[C@H](O[C@H]3OC(CO)[C@H](O)[C@H](O)C3O)[C@H](O)C2O)[C@H](O)C1O. The predicted molar refractivity (Wildman–Crippen MR) is 124 cm³/mol. The molecule has 0 spiro atoms. The molecule has 3 aliphatic rings. The van der Waals surface area contributed by atoms with Crippen molar-refractivity contribution in [3.8, 4) is 0 Å². The summed E-state index contributed by atoms with van der Waals surface area (Å²) in [6.07, 6.45) is -21.1. The summed E-state index contributed by atoms with van der Waals surface area (Å²) >= 11 is 0. The Bertz CT molecular complexity index is 739. The molecule has 3 saturated heterocycles. The minimum Gasteiger partial charge on any atom is -0.394 e. The van der Waals surface area contributed by atoms with E-state index in [-0.39, 0.29) is 6.61 Å². The molecule has 0 bridgehead atoms. The smallest absolute Gasteiger partial charge is 0.187 e. The van der Waals surface area contributed by atoms with Crippen LogP contribution in [0.4, 0.5) is 0 Å². The van der Waals surface area contributed by atoms with Crippen LogP contribution in [0.25, 0.3) is 0 Å². The second-order valence-electron chi connectivity index (χ2n) is 9.61. The third-order valence-electron chi connectivity index (χ3n) is 6.91. The molecule has 0 radical (unpaired) electrons. The summed E-state index contributed by atoms with van der Waals surface area (Å²) in [4.78, 5) is 0. The normalized spacial score (nSPS) is 47.2. The summed E-state index contributed by atoms with van der Waals surface area (Å²) in [6, 6.07) is 0. The van der Waals surface area contributed by atoms with E-state index in [2.05, 4.69) is 6.58 Å². The van der Waals surface area contributed by atoms with Crippen molar-refractivity contribution >= 4 is 0 Å². The topological polar surface area (TPSA) is 258 Å². The second-order valence-corrected chi connectivity index (χ2v) is 9.61. The van der Waals surface area contributed by atoms with Crippen LogP contribution in [0.1, 0.15) is 12.8 Å². The Labute approximate surface area is 224 Å². The fourth-order valence-corrected chi connectivity index (χ4v) is 4.61. The Kier molecular flexibility index (Phi) is 12.4. The Morgan fingerprint density at radius 1 is 0.564 bits per heavy atom. The van der Waals surface area contributed by atoms with Crippen LogP contribution >= 0.6 is 0 Å². The summed E-state index contributed by atoms with van der Waals surface area (Å²) in [5.41, 5.74) is 0. The highest BCUT2D eigenvalue weighted by atomic mass is 16.8. The predicted octanol–water partition coefficient (Wildman–Crippen LogP) is -5.58. The molecule has 3 heterocycles. The van der Waals surface area contributed by atoms with Crippen molar-refractivity contribution < 1.29 is 79.5 Å². The number of hydrogen-bond acceptors (Lipinski definition) is 16. The van der Waals surface area contributed by atoms with Gasteiger partial charge in [-0.05, 0) is 12.8 Å². The Morgan fingerprint density at radius 3 is 1.49 bits per heavy atom. The van der Waals surface area contributed by atoms with Gasteiger partial charge in [0.05, 0.1) is 26.4 Å². The van der Waals surface area contributed by atoms with Gasteiger partial charge in [0.1, 0.15) is 73.2 Å². The van der Waals surface area contributed by atoms with Gasteiger partial charge in [-0.25, -0.2) is 0 Å². The molecule has 16 nitrogen and oxygen atoms in total. The first-order valence-corrected chi connectivity index (χ1v) is 12.7. The van der Waals surface area contributed by atoms with Gasteiger partial charge >= 0.3 is 0 Å². The molecule has 16 heteroatoms. The van der Waals surface area contributed by atoms with E-state index in [9.17, 15) is 51.1 Å². The highest BCUT2D eigenvalue weighted by Crippen LogP contribution is 2.32. The van der Waals surface area contributed by atoms with Gasteiger partial charge in [-0.3, -0.25) is 0 Å². The number of ether oxygens (including phenoxy) is 6. The molecule has 0 amide bonds. The van der Waals surface area contributed by atoms with Gasteiger partial charge < -0.3 is 79.5 Å². The molecule has 10 N–H and O–H groups in total. The quantitative estimate of drug-likeness (QED) is 0.0772. The van der Waals surface area contributed by atoms with Crippen LogP contribution in [0, 0.1) is 0 Å². The van der Waals surface area contributed by atoms with Crippen molar-refractivity contribution in [2.45, 2.75) is 105 Å². The minimum absolute atomic E-state index is 0.175. The van der Waals surface area contributed by atoms with Crippen LogP contribution in [-0.2, 0) is 28.4 Å². The van der Waals surface area contributed by atoms with E-state index < -0.39 is 112 Å². The molecule has 3 rings (SSSR count). The van der Waals surface area contributed by atoms with E-state index in [0.717, 1.165) is 0 Å². The summed E-state index contributed by atoms with van der Waals surface area (Å²) in [5.74, 6) is 0. The van der Waals surface area contributed by atoms with Gasteiger partial charge in [0.2, 0.25) is 0 Å². The van der Waals surface area contributed by atoms with Crippen molar-refractivity contribution in [2.75, 3.05) is 26.4 Å². The number of hydrogen-bond donors (Lipinski definition) is 10. The molecular weight excluding hydrogens is 532 g/mol. The van der Waals surface area contributed by atoms with Gasteiger partial charge in [-0.1, -0.05) is 6.08 Å². The zero-order valence-corrected chi connectivity index (χ0v) is 21.1. The molecule has 0 aromatic rings. The van der Waals surface area contributed by atoms with Crippen LogP contribution in [0.15, 0.2) is 12.7 Å². The molecule has 0 aromatic carbocycles. The number of allylic oxidation sites excluding steroid dienone is 1. The van der Waals surface area contributed by atoms with E-state index in [4.69, 9.17) is 28.4 Å². The van der Waals surface area contributed by atoms with Gasteiger partial charge in [-0.2, -0.15) is 0 Å². The highest BCUT2D eigenvalue weighted by molar-refractivity contribution is 4.96. The zero-order valence-electron chi connectivity index (χ0n) is 21.1. The number of rotatable bonds is 12. The molecule has 3 aliphatic heterocycles. The molecule has 3 fully saturated rings. The lowest BCUT2D eigenvalue weighted by Crippen LogP contribution is -2.66. The van der Waals surface area contributed by atoms with Crippen molar-refractivity contribution in [2.24, 2.45) is 0 Å². The lowest BCUT2D eigenvalue weighted by Gasteiger charge is -2.48. The van der Waals surface area contributed by atoms with Crippen molar-refractivity contribution in [1.82, 2.24) is 0 Å². The average Bonchev–Trinajstić information content (AvgIpc) is 2.93. The lowest BCUT2D eigenvalue weighted by atomic mass is 9.96. The maximum absolute atomic E-state index is 10.8. The molecule has 6 unspecified atom stereocenters. The van der Waals surface area contributed by atoms with Crippen LogP contribution < -0.4 is 0 Å². The molecule has 0 saturated carbocycles. The van der Waals surface area contributed by atoms with Gasteiger partial charge in [0.25, 0.3) is 0 Å². The molecule has 0 aromatic heterocycles. The van der Waals surface area contributed by atoms with Gasteiger partial charge in [-0.15, -0.1) is 6.58 Å². The van der Waals surface area contributed by atoms with E-state index >= 15 is 0 Å². The fourth-order valence-electron chi connectivity index (χ4n) is 4.61. The summed E-state index contributed by atoms with van der Waals surface area (Å²) in [6.45, 7) is 1.54. The van der Waals surface area contributed by atoms with E-state index in [1.54, 1.807) is 6.08 Å². The first kappa shape index (κ1) is 32.6. The number of unbranched alkanes of at least 4 members (excludes halogenated alkanes) is 1. The number of aliphatic hydroxyl groups excluding tert-OH is 10. The third kappa shape index (κ3) is 7.31. The first-order valence-electron chi connectivity index (χ1n) is 12.7. The van der Waals surface area contributed by atoms with Crippen molar-refractivity contribution in [1.29, 1.82) is 0 Å². The summed E-state index contributed by atoms with van der Waals surface area (Å²) in [5, 5.41) is 102. The van der Waals surface area contributed by atoms with Crippen LogP contribution in [-0.4, -0.2) is 170 Å². The largest absolute Gasteiger partial charge is 0.394 e. The van der Waals surface area contributed by atoms with Crippen LogP contribution in [0.3, 0.4) is 0 Å². The second kappa shape index (κ2) is 14.8. The first-order chi connectivity index (χ1) is 18.6. The maximum Gasteiger partial charge on any atom is 0.187 e. The lowest BCUT2D eigenvalue weighted by molar-refractivity contribution is -0.379. The Hall–Kier alpha value is -0.900. The van der Waals surface area contributed by atoms with Crippen LogP contribution in [0.5, 0.6) is 0 Å². The maximum atomic E-state index is 10.8. The molecule has 0 aliphatic carbocycles. The Morgan fingerprint density at radius 2 is 1.00 bits per heavy atom. The molecule has 39 heavy (non-hydrogen) atoms. The van der Waals surface area contributed by atoms with Gasteiger partial charge in [0.15, 0.2) is 18.9 Å². The van der Waals surface area contributed by atoms with Crippen molar-refractivity contribution in [3.05, 3.63) is 12.7 Å². The van der Waals surface area contributed by atoms with Gasteiger partial charge in [0, 0.05) is 0 Å². The van der Waals surface area contributed by atoms with Crippen molar-refractivity contribution in [3.63, 3.8) is 0 Å². The average molecular weight is 573 g/mol. The zero-order chi connectivity index (χ0) is 28.9. The summed E-state index contributed by atoms with van der Waals surface area (Å²) < 4.78 is 32.8. The minimum atomic E-state index is -1.89. The standard InChI is InChI=1S/C23H40O16/c1-2-3-4-5-34-21-17(32)14(29)19(10(7-25)36-21)39-23-18(33)15(30)20(11(8-26)37-23)38-22-16(31)13(28)12(27)9(6-24)35-22/h2,9-33H,1,3-8H2/t9?,10?,11?,12-,13-,14+,15+,16?,17?,18?,19+,20-,21+,22+,23-/m0/s1. The Balaban J connectivity index is 1.67. The highest BCUT2D eigenvalue weighted by Gasteiger charge is 2.53. The third-order valence-corrected chi connectivity index (χ3v) is 6.91. The van der Waals surface area contributed by atoms with E-state index in [1.807, 2.05) is 0 Å². The van der Waals surface area contributed by atoms with E-state index in [0.29, 0.717) is 12.8 Å².